The van der Waals surface area contributed by atoms with Crippen molar-refractivity contribution in [3.63, 3.8) is 0 Å². The Balaban J connectivity index is 3.06. The lowest BCUT2D eigenvalue weighted by Gasteiger charge is -2.02. The molecule has 0 amide bonds. The van der Waals surface area contributed by atoms with Gasteiger partial charge in [0, 0.05) is 0 Å². The molecule has 5 nitrogen and oxygen atoms in total. The molecule has 1 N–H and O–H groups in total. The van der Waals surface area contributed by atoms with Crippen LogP contribution in [0, 0.1) is 11.3 Å². The predicted molar refractivity (Wildman–Crippen MR) is 43.8 cm³/mol. The molecule has 0 saturated heterocycles. The van der Waals surface area contributed by atoms with Gasteiger partial charge in [0.2, 0.25) is 0 Å². The maximum atomic E-state index is 8.94. The number of aromatic hydroxyl groups is 1. The van der Waals surface area contributed by atoms with Crippen LogP contribution in [0.15, 0.2) is 5.16 Å². The molecule has 0 fully saturated rings. The van der Waals surface area contributed by atoms with E-state index in [2.05, 4.69) is 10.1 Å². The Morgan fingerprint density at radius 3 is 2.92 bits per heavy atom. The zero-order chi connectivity index (χ0) is 9.14. The monoisotopic (exact) mass is 184 g/mol. The Bertz CT molecular complexity index is 316. The summed E-state index contributed by atoms with van der Waals surface area (Å²) in [5.41, 5.74) is 0. The van der Waals surface area contributed by atoms with Crippen molar-refractivity contribution in [1.82, 2.24) is 14.8 Å². The van der Waals surface area contributed by atoms with Gasteiger partial charge < -0.3 is 5.11 Å². The van der Waals surface area contributed by atoms with Crippen molar-refractivity contribution in [2.24, 2.45) is 0 Å². The van der Waals surface area contributed by atoms with Crippen molar-refractivity contribution < 1.29 is 5.11 Å². The first-order valence-electron chi connectivity index (χ1n) is 3.28. The number of rotatable bonds is 2. The highest BCUT2D eigenvalue weighted by Gasteiger charge is 2.12. The van der Waals surface area contributed by atoms with Crippen molar-refractivity contribution >= 4 is 11.8 Å². The third-order valence-electron chi connectivity index (χ3n) is 1.33. The molecule has 6 heteroatoms. The van der Waals surface area contributed by atoms with Crippen LogP contribution in [-0.2, 0) is 0 Å². The number of hydrogen-bond acceptors (Lipinski definition) is 5. The lowest BCUT2D eigenvalue weighted by Crippen LogP contribution is -2.05. The molecule has 1 heterocycles. The van der Waals surface area contributed by atoms with Gasteiger partial charge in [0.1, 0.15) is 6.04 Å². The van der Waals surface area contributed by atoms with Gasteiger partial charge in [-0.15, -0.1) is 5.10 Å². The molecule has 0 aliphatic carbocycles. The molecule has 12 heavy (non-hydrogen) atoms. The molecule has 0 spiro atoms. The van der Waals surface area contributed by atoms with Crippen molar-refractivity contribution in [2.45, 2.75) is 18.1 Å². The molecule has 1 atom stereocenters. The molecule has 1 aromatic heterocycles. The normalized spacial score (nSPS) is 12.4. The third kappa shape index (κ3) is 1.51. The summed E-state index contributed by atoms with van der Waals surface area (Å²) in [6.45, 7) is 1.69. The first kappa shape index (κ1) is 8.87. The summed E-state index contributed by atoms with van der Waals surface area (Å²) in [6, 6.07) is 1.31. The molecule has 0 aromatic carbocycles. The van der Waals surface area contributed by atoms with E-state index >= 15 is 0 Å². The van der Waals surface area contributed by atoms with Crippen LogP contribution >= 0.6 is 11.8 Å². The highest BCUT2D eigenvalue weighted by Crippen LogP contribution is 2.18. The number of nitriles is 1. The molecular weight excluding hydrogens is 176 g/mol. The molecule has 1 aromatic rings. The summed E-state index contributed by atoms with van der Waals surface area (Å²) in [6.07, 6.45) is 1.81. The molecule has 64 valence electrons. The van der Waals surface area contributed by atoms with Crippen LogP contribution in [0.3, 0.4) is 0 Å². The van der Waals surface area contributed by atoms with E-state index < -0.39 is 6.04 Å². The van der Waals surface area contributed by atoms with Gasteiger partial charge in [0.05, 0.1) is 6.07 Å². The minimum atomic E-state index is -0.402. The third-order valence-corrected chi connectivity index (χ3v) is 1.97. The van der Waals surface area contributed by atoms with Gasteiger partial charge in [0.25, 0.3) is 0 Å². The van der Waals surface area contributed by atoms with Gasteiger partial charge in [-0.1, -0.05) is 11.8 Å². The zero-order valence-electron chi connectivity index (χ0n) is 6.72. The Morgan fingerprint density at radius 1 is 1.75 bits per heavy atom. The van der Waals surface area contributed by atoms with E-state index in [0.717, 1.165) is 0 Å². The molecule has 0 saturated carbocycles. The molecular formula is C6H8N4OS. The van der Waals surface area contributed by atoms with Crippen molar-refractivity contribution in [1.29, 1.82) is 5.26 Å². The Hall–Kier alpha value is -1.22. The largest absolute Gasteiger partial charge is 0.478 e. The molecule has 0 aliphatic heterocycles. The standard InChI is InChI=1S/C6H8N4OS/c1-4(3-7)10-6(12-2)8-5(11)9-10/h4H,1-2H3,(H,9,11). The average molecular weight is 184 g/mol. The molecule has 1 unspecified atom stereocenters. The summed E-state index contributed by atoms with van der Waals surface area (Å²) in [7, 11) is 0. The smallest absolute Gasteiger partial charge is 0.334 e. The van der Waals surface area contributed by atoms with E-state index in [-0.39, 0.29) is 6.01 Å². The quantitative estimate of drug-likeness (QED) is 0.688. The number of thioether (sulfide) groups is 1. The van der Waals surface area contributed by atoms with Gasteiger partial charge >= 0.3 is 6.01 Å². The summed E-state index contributed by atoms with van der Waals surface area (Å²) < 4.78 is 1.39. The highest BCUT2D eigenvalue weighted by atomic mass is 32.2. The fourth-order valence-electron chi connectivity index (χ4n) is 0.744. The van der Waals surface area contributed by atoms with Gasteiger partial charge in [-0.05, 0) is 13.2 Å². The van der Waals surface area contributed by atoms with Crippen LogP contribution < -0.4 is 0 Å². The van der Waals surface area contributed by atoms with Gasteiger partial charge in [-0.3, -0.25) is 0 Å². The number of nitrogens with zero attached hydrogens (tertiary/aromatic N) is 4. The van der Waals surface area contributed by atoms with Crippen LogP contribution in [0.25, 0.3) is 0 Å². The fourth-order valence-corrected chi connectivity index (χ4v) is 1.30. The van der Waals surface area contributed by atoms with Crippen LogP contribution in [0.1, 0.15) is 13.0 Å². The summed E-state index contributed by atoms with van der Waals surface area (Å²) in [5.74, 6) is 0. The lowest BCUT2D eigenvalue weighted by molar-refractivity contribution is 0.420. The van der Waals surface area contributed by atoms with Gasteiger partial charge in [-0.2, -0.15) is 10.2 Å². The SMILES string of the molecule is CSc1nc(O)nn1C(C)C#N. The van der Waals surface area contributed by atoms with Crippen LogP contribution in [-0.4, -0.2) is 26.1 Å². The zero-order valence-corrected chi connectivity index (χ0v) is 7.54. The Kier molecular flexibility index (Phi) is 2.55. The second-order valence-electron chi connectivity index (χ2n) is 2.15. The summed E-state index contributed by atoms with van der Waals surface area (Å²) in [4.78, 5) is 3.72. The van der Waals surface area contributed by atoms with Crippen LogP contribution in [0.5, 0.6) is 6.01 Å². The number of hydrogen-bond donors (Lipinski definition) is 1. The van der Waals surface area contributed by atoms with E-state index in [0.29, 0.717) is 5.16 Å². The van der Waals surface area contributed by atoms with E-state index in [1.165, 1.54) is 16.4 Å². The maximum Gasteiger partial charge on any atom is 0.334 e. The van der Waals surface area contributed by atoms with Crippen LogP contribution in [0.4, 0.5) is 0 Å². The van der Waals surface area contributed by atoms with Crippen molar-refractivity contribution in [3.8, 4) is 12.1 Å². The van der Waals surface area contributed by atoms with E-state index in [1.54, 1.807) is 6.92 Å². The molecule has 1 rings (SSSR count). The minimum Gasteiger partial charge on any atom is -0.478 e. The van der Waals surface area contributed by atoms with Crippen molar-refractivity contribution in [3.05, 3.63) is 0 Å². The Labute approximate surface area is 74.0 Å². The fraction of sp³-hybridized carbons (Fsp3) is 0.500. The van der Waals surface area contributed by atoms with Gasteiger partial charge in [0.15, 0.2) is 5.16 Å². The van der Waals surface area contributed by atoms with Crippen molar-refractivity contribution in [2.75, 3.05) is 6.26 Å². The average Bonchev–Trinajstić information content (AvgIpc) is 2.45. The van der Waals surface area contributed by atoms with Crippen LogP contribution in [0.2, 0.25) is 0 Å². The maximum absolute atomic E-state index is 8.94. The lowest BCUT2D eigenvalue weighted by atomic mass is 10.4. The van der Waals surface area contributed by atoms with E-state index in [9.17, 15) is 0 Å². The number of aromatic nitrogens is 3. The molecule has 0 aliphatic rings. The first-order valence-corrected chi connectivity index (χ1v) is 4.50. The minimum absolute atomic E-state index is 0.290. The van der Waals surface area contributed by atoms with E-state index in [4.69, 9.17) is 10.4 Å². The topological polar surface area (TPSA) is 74.7 Å². The summed E-state index contributed by atoms with van der Waals surface area (Å²) >= 11 is 1.34. The van der Waals surface area contributed by atoms with E-state index in [1.807, 2.05) is 12.3 Å². The Morgan fingerprint density at radius 2 is 2.42 bits per heavy atom. The predicted octanol–water partition coefficient (Wildman–Crippen LogP) is 0.790. The second-order valence-corrected chi connectivity index (χ2v) is 2.92. The first-order chi connectivity index (χ1) is 5.69. The van der Waals surface area contributed by atoms with Gasteiger partial charge in [-0.25, -0.2) is 4.68 Å². The molecule has 0 radical (unpaired) electrons. The summed E-state index contributed by atoms with van der Waals surface area (Å²) in [5, 5.41) is 21.7. The highest BCUT2D eigenvalue weighted by molar-refractivity contribution is 7.98. The second kappa shape index (κ2) is 3.45. The molecule has 0 bridgehead atoms.